The van der Waals surface area contributed by atoms with Crippen molar-refractivity contribution in [3.05, 3.63) is 28.2 Å². The molecule has 2 aromatic heterocycles. The highest BCUT2D eigenvalue weighted by molar-refractivity contribution is 7.80. The normalized spacial score (nSPS) is 14.4. The highest BCUT2D eigenvalue weighted by atomic mass is 35.5. The number of hydrogen-bond acceptors (Lipinski definition) is 3. The SMILES string of the molecule is Cc1c(C(N)=S)cnn1-c1nn2c(c1Cl)CCCC2. The van der Waals surface area contributed by atoms with Crippen LogP contribution in [0.5, 0.6) is 0 Å². The molecule has 0 atom stereocenters. The number of halogens is 1. The van der Waals surface area contributed by atoms with Gasteiger partial charge in [-0.3, -0.25) is 4.68 Å². The fraction of sp³-hybridized carbons (Fsp3) is 0.417. The topological polar surface area (TPSA) is 61.7 Å². The molecule has 1 aliphatic rings. The Morgan fingerprint density at radius 2 is 2.26 bits per heavy atom. The van der Waals surface area contributed by atoms with Gasteiger partial charge in [-0.15, -0.1) is 0 Å². The molecule has 5 nitrogen and oxygen atoms in total. The first-order chi connectivity index (χ1) is 9.09. The summed E-state index contributed by atoms with van der Waals surface area (Å²) in [5.74, 6) is 0.665. The second-order valence-electron chi connectivity index (χ2n) is 4.68. The van der Waals surface area contributed by atoms with E-state index < -0.39 is 0 Å². The third-order valence-electron chi connectivity index (χ3n) is 3.49. The minimum Gasteiger partial charge on any atom is -0.389 e. The second-order valence-corrected chi connectivity index (χ2v) is 5.50. The first-order valence-corrected chi connectivity index (χ1v) is 6.98. The van der Waals surface area contributed by atoms with Crippen molar-refractivity contribution in [3.8, 4) is 5.82 Å². The minimum atomic E-state index is 0.337. The number of aromatic nitrogens is 4. The summed E-state index contributed by atoms with van der Waals surface area (Å²) >= 11 is 11.4. The van der Waals surface area contributed by atoms with Crippen LogP contribution in [0.1, 0.15) is 29.8 Å². The molecule has 0 radical (unpaired) electrons. The molecule has 0 amide bonds. The van der Waals surface area contributed by atoms with Crippen LogP contribution in [0.2, 0.25) is 5.02 Å². The van der Waals surface area contributed by atoms with Gasteiger partial charge in [-0.2, -0.15) is 10.2 Å². The Kier molecular flexibility index (Phi) is 3.06. The molecule has 2 aromatic rings. The Bertz CT molecular complexity index is 657. The van der Waals surface area contributed by atoms with Gasteiger partial charge in [-0.05, 0) is 26.2 Å². The van der Waals surface area contributed by atoms with E-state index in [9.17, 15) is 0 Å². The number of thiocarbonyl (C=S) groups is 1. The van der Waals surface area contributed by atoms with E-state index in [1.807, 2.05) is 11.6 Å². The molecule has 0 aliphatic carbocycles. The molecule has 0 spiro atoms. The molecule has 0 fully saturated rings. The molecule has 1 aliphatic heterocycles. The van der Waals surface area contributed by atoms with Crippen molar-refractivity contribution >= 4 is 28.8 Å². The van der Waals surface area contributed by atoms with Crippen molar-refractivity contribution < 1.29 is 0 Å². The molecule has 3 rings (SSSR count). The van der Waals surface area contributed by atoms with E-state index in [0.29, 0.717) is 15.8 Å². The maximum absolute atomic E-state index is 6.43. The lowest BCUT2D eigenvalue weighted by atomic mass is 10.1. The van der Waals surface area contributed by atoms with Crippen molar-refractivity contribution in [1.29, 1.82) is 0 Å². The van der Waals surface area contributed by atoms with Gasteiger partial charge in [0, 0.05) is 6.54 Å². The van der Waals surface area contributed by atoms with Crippen molar-refractivity contribution in [1.82, 2.24) is 19.6 Å². The predicted molar refractivity (Wildman–Crippen MR) is 77.9 cm³/mol. The Hall–Kier alpha value is -1.40. The van der Waals surface area contributed by atoms with Crippen LogP contribution in [-0.4, -0.2) is 24.5 Å². The van der Waals surface area contributed by atoms with Crippen molar-refractivity contribution in [2.24, 2.45) is 5.73 Å². The monoisotopic (exact) mass is 295 g/mol. The fourth-order valence-corrected chi connectivity index (χ4v) is 2.95. The van der Waals surface area contributed by atoms with Gasteiger partial charge < -0.3 is 5.73 Å². The van der Waals surface area contributed by atoms with Crippen LogP contribution in [0.25, 0.3) is 5.82 Å². The van der Waals surface area contributed by atoms with Gasteiger partial charge >= 0.3 is 0 Å². The molecule has 19 heavy (non-hydrogen) atoms. The van der Waals surface area contributed by atoms with Crippen LogP contribution in [0.4, 0.5) is 0 Å². The molecule has 3 heterocycles. The summed E-state index contributed by atoms with van der Waals surface area (Å²) in [6, 6.07) is 0. The lowest BCUT2D eigenvalue weighted by Crippen LogP contribution is -2.12. The van der Waals surface area contributed by atoms with Gasteiger partial charge in [0.15, 0.2) is 5.82 Å². The Morgan fingerprint density at radius 1 is 1.47 bits per heavy atom. The molecule has 0 bridgehead atoms. The molecule has 0 unspecified atom stereocenters. The Morgan fingerprint density at radius 3 is 2.89 bits per heavy atom. The van der Waals surface area contributed by atoms with Crippen LogP contribution >= 0.6 is 23.8 Å². The van der Waals surface area contributed by atoms with Crippen LogP contribution in [-0.2, 0) is 13.0 Å². The van der Waals surface area contributed by atoms with Crippen LogP contribution in [0, 0.1) is 6.92 Å². The van der Waals surface area contributed by atoms with E-state index in [2.05, 4.69) is 10.2 Å². The molecule has 7 heteroatoms. The van der Waals surface area contributed by atoms with E-state index >= 15 is 0 Å². The van der Waals surface area contributed by atoms with E-state index in [1.54, 1.807) is 10.9 Å². The van der Waals surface area contributed by atoms with Gasteiger partial charge in [0.2, 0.25) is 0 Å². The number of nitrogens with zero attached hydrogens (tertiary/aromatic N) is 4. The minimum absolute atomic E-state index is 0.337. The Balaban J connectivity index is 2.12. The maximum Gasteiger partial charge on any atom is 0.194 e. The van der Waals surface area contributed by atoms with E-state index in [1.165, 1.54) is 0 Å². The average molecular weight is 296 g/mol. The van der Waals surface area contributed by atoms with Crippen molar-refractivity contribution in [2.45, 2.75) is 32.7 Å². The molecule has 0 aromatic carbocycles. The van der Waals surface area contributed by atoms with Crippen LogP contribution < -0.4 is 5.73 Å². The molecule has 0 saturated heterocycles. The summed E-state index contributed by atoms with van der Waals surface area (Å²) in [4.78, 5) is 0.337. The summed E-state index contributed by atoms with van der Waals surface area (Å²) in [6.45, 7) is 2.83. The third kappa shape index (κ3) is 1.95. The quantitative estimate of drug-likeness (QED) is 0.861. The summed E-state index contributed by atoms with van der Waals surface area (Å²) in [5.41, 5.74) is 8.38. The standard InChI is InChI=1S/C12H14ClN5S/c1-7-8(11(14)19)6-15-18(7)12-10(13)9-4-2-3-5-17(9)16-12/h6H,2-5H2,1H3,(H2,14,19). The fourth-order valence-electron chi connectivity index (χ4n) is 2.44. The van der Waals surface area contributed by atoms with Gasteiger partial charge in [0.1, 0.15) is 10.0 Å². The average Bonchev–Trinajstić information content (AvgIpc) is 2.91. The van der Waals surface area contributed by atoms with Crippen LogP contribution in [0.15, 0.2) is 6.20 Å². The number of hydrogen-bond donors (Lipinski definition) is 1. The molecule has 100 valence electrons. The summed E-state index contributed by atoms with van der Waals surface area (Å²) < 4.78 is 3.69. The Labute approximate surface area is 121 Å². The van der Waals surface area contributed by atoms with Crippen LogP contribution in [0.3, 0.4) is 0 Å². The lowest BCUT2D eigenvalue weighted by Gasteiger charge is -2.12. The predicted octanol–water partition coefficient (Wildman–Crippen LogP) is 2.00. The molecule has 0 saturated carbocycles. The summed E-state index contributed by atoms with van der Waals surface area (Å²) in [5, 5.41) is 9.54. The first-order valence-electron chi connectivity index (χ1n) is 6.19. The zero-order chi connectivity index (χ0) is 13.6. The zero-order valence-corrected chi connectivity index (χ0v) is 12.1. The first kappa shape index (κ1) is 12.6. The van der Waals surface area contributed by atoms with Gasteiger partial charge in [0.05, 0.1) is 23.1 Å². The molecular weight excluding hydrogens is 282 g/mol. The van der Waals surface area contributed by atoms with E-state index in [0.717, 1.165) is 42.8 Å². The van der Waals surface area contributed by atoms with E-state index in [4.69, 9.17) is 29.6 Å². The maximum atomic E-state index is 6.43. The van der Waals surface area contributed by atoms with E-state index in [-0.39, 0.29) is 0 Å². The molecule has 2 N–H and O–H groups in total. The van der Waals surface area contributed by atoms with Gasteiger partial charge in [-0.25, -0.2) is 4.68 Å². The molecular formula is C12H14ClN5S. The number of fused-ring (bicyclic) bond motifs is 1. The zero-order valence-electron chi connectivity index (χ0n) is 10.6. The van der Waals surface area contributed by atoms with Gasteiger partial charge in [0.25, 0.3) is 0 Å². The highest BCUT2D eigenvalue weighted by Gasteiger charge is 2.22. The largest absolute Gasteiger partial charge is 0.389 e. The number of nitrogens with two attached hydrogens (primary N) is 1. The lowest BCUT2D eigenvalue weighted by molar-refractivity contribution is 0.484. The number of rotatable bonds is 2. The highest BCUT2D eigenvalue weighted by Crippen LogP contribution is 2.29. The number of aryl methyl sites for hydroxylation is 1. The summed E-state index contributed by atoms with van der Waals surface area (Å²) in [6.07, 6.45) is 4.92. The summed E-state index contributed by atoms with van der Waals surface area (Å²) in [7, 11) is 0. The van der Waals surface area contributed by atoms with Crippen molar-refractivity contribution in [3.63, 3.8) is 0 Å². The van der Waals surface area contributed by atoms with Crippen molar-refractivity contribution in [2.75, 3.05) is 0 Å². The van der Waals surface area contributed by atoms with Gasteiger partial charge in [-0.1, -0.05) is 23.8 Å². The third-order valence-corrected chi connectivity index (χ3v) is 4.09. The smallest absolute Gasteiger partial charge is 0.194 e. The second kappa shape index (κ2) is 4.61.